The van der Waals surface area contributed by atoms with Gasteiger partial charge in [0.15, 0.2) is 5.78 Å². The van der Waals surface area contributed by atoms with Gasteiger partial charge in [0.05, 0.1) is 17.6 Å². The van der Waals surface area contributed by atoms with Gasteiger partial charge in [0, 0.05) is 25.1 Å². The Bertz CT molecular complexity index is 952. The topological polar surface area (TPSA) is 102 Å². The van der Waals surface area contributed by atoms with E-state index >= 15 is 0 Å². The van der Waals surface area contributed by atoms with Gasteiger partial charge in [-0.15, -0.1) is 0 Å². The molecule has 0 heterocycles. The molecule has 30 heavy (non-hydrogen) atoms. The minimum atomic E-state index is -3.74. The molecule has 0 saturated carbocycles. The van der Waals surface area contributed by atoms with Gasteiger partial charge in [-0.1, -0.05) is 36.4 Å². The number of amides is 1. The highest BCUT2D eigenvalue weighted by atomic mass is 32.2. The lowest BCUT2D eigenvalue weighted by atomic mass is 10.1. The minimum absolute atomic E-state index is 0.0189. The lowest BCUT2D eigenvalue weighted by molar-refractivity contribution is -0.121. The summed E-state index contributed by atoms with van der Waals surface area (Å²) < 4.78 is 32.5. The highest BCUT2D eigenvalue weighted by Gasteiger charge is 2.14. The summed E-state index contributed by atoms with van der Waals surface area (Å²) in [5, 5.41) is 2.77. The van der Waals surface area contributed by atoms with Crippen molar-refractivity contribution in [2.45, 2.75) is 51.3 Å². The quantitative estimate of drug-likeness (QED) is 0.532. The molecule has 0 fully saturated rings. The normalized spacial score (nSPS) is 11.5. The van der Waals surface area contributed by atoms with Crippen LogP contribution in [0.5, 0.6) is 0 Å². The molecule has 0 atom stereocenters. The van der Waals surface area contributed by atoms with Crippen molar-refractivity contribution in [3.63, 3.8) is 0 Å². The Hall–Kier alpha value is -2.55. The molecule has 2 aromatic carbocycles. The number of sulfonamides is 1. The zero-order valence-electron chi connectivity index (χ0n) is 17.5. The molecule has 2 N–H and O–H groups in total. The molecule has 0 saturated heterocycles. The van der Waals surface area contributed by atoms with Crippen molar-refractivity contribution in [3.05, 3.63) is 65.2 Å². The largest absolute Gasteiger partial charge is 0.374 e. The predicted molar refractivity (Wildman–Crippen MR) is 114 cm³/mol. The smallest absolute Gasteiger partial charge is 0.240 e. The van der Waals surface area contributed by atoms with Gasteiger partial charge in [-0.05, 0) is 44.0 Å². The summed E-state index contributed by atoms with van der Waals surface area (Å²) in [7, 11) is -3.74. The van der Waals surface area contributed by atoms with E-state index < -0.39 is 10.0 Å². The van der Waals surface area contributed by atoms with Gasteiger partial charge in [0.2, 0.25) is 15.9 Å². The number of hydrogen-bond acceptors (Lipinski definition) is 5. The SMILES string of the molecule is CC(=O)c1ccc(S(=O)(=O)NCCC(=O)NCc2ccc(COC(C)C)cc2)cc1. The number of hydrogen-bond donors (Lipinski definition) is 2. The van der Waals surface area contributed by atoms with Crippen LogP contribution in [0.3, 0.4) is 0 Å². The predicted octanol–water partition coefficient (Wildman–Crippen LogP) is 2.80. The zero-order chi connectivity index (χ0) is 22.1. The number of ether oxygens (including phenoxy) is 1. The van der Waals surface area contributed by atoms with Crippen molar-refractivity contribution in [2.75, 3.05) is 6.54 Å². The Kier molecular flexibility index (Phi) is 8.71. The molecule has 0 aliphatic carbocycles. The second-order valence-corrected chi connectivity index (χ2v) is 8.95. The molecular formula is C22H28N2O5S. The summed E-state index contributed by atoms with van der Waals surface area (Å²) in [5.74, 6) is -0.390. The Morgan fingerprint density at radius 3 is 2.13 bits per heavy atom. The number of ketones is 1. The third-order valence-electron chi connectivity index (χ3n) is 4.31. The summed E-state index contributed by atoms with van der Waals surface area (Å²) in [6.07, 6.45) is 0.187. The molecule has 0 bridgehead atoms. The van der Waals surface area contributed by atoms with Gasteiger partial charge in [-0.25, -0.2) is 13.1 Å². The lowest BCUT2D eigenvalue weighted by Gasteiger charge is -2.10. The standard InChI is InChI=1S/C22H28N2O5S/c1-16(2)29-15-19-6-4-18(5-7-19)14-23-22(26)12-13-24-30(27,28)21-10-8-20(9-11-21)17(3)25/h4-11,16,24H,12-15H2,1-3H3,(H,23,26). The van der Waals surface area contributed by atoms with Crippen LogP contribution in [0.15, 0.2) is 53.4 Å². The van der Waals surface area contributed by atoms with E-state index in [1.807, 2.05) is 38.1 Å². The fourth-order valence-corrected chi connectivity index (χ4v) is 3.59. The average molecular weight is 433 g/mol. The van der Waals surface area contributed by atoms with Crippen LogP contribution in [0, 0.1) is 0 Å². The molecule has 8 heteroatoms. The third-order valence-corrected chi connectivity index (χ3v) is 5.79. The minimum Gasteiger partial charge on any atom is -0.374 e. The molecule has 0 radical (unpaired) electrons. The molecule has 0 aliphatic rings. The number of benzene rings is 2. The maximum absolute atomic E-state index is 12.3. The molecule has 7 nitrogen and oxygen atoms in total. The van der Waals surface area contributed by atoms with Gasteiger partial charge < -0.3 is 10.1 Å². The van der Waals surface area contributed by atoms with Crippen LogP contribution in [-0.2, 0) is 32.7 Å². The highest BCUT2D eigenvalue weighted by Crippen LogP contribution is 2.11. The lowest BCUT2D eigenvalue weighted by Crippen LogP contribution is -2.30. The number of Topliss-reactive ketones (excluding diaryl/α,β-unsaturated/α-hetero) is 1. The summed E-state index contributed by atoms with van der Waals surface area (Å²) in [4.78, 5) is 23.3. The van der Waals surface area contributed by atoms with E-state index in [2.05, 4.69) is 10.0 Å². The first-order valence-corrected chi connectivity index (χ1v) is 11.2. The van der Waals surface area contributed by atoms with Crippen LogP contribution in [0.25, 0.3) is 0 Å². The number of rotatable bonds is 11. The van der Waals surface area contributed by atoms with Crippen molar-refractivity contribution in [3.8, 4) is 0 Å². The van der Waals surface area contributed by atoms with Crippen LogP contribution >= 0.6 is 0 Å². The van der Waals surface area contributed by atoms with E-state index in [1.165, 1.54) is 31.2 Å². The van der Waals surface area contributed by atoms with Gasteiger partial charge in [-0.3, -0.25) is 9.59 Å². The Labute approximate surface area is 177 Å². The molecule has 0 spiro atoms. The maximum Gasteiger partial charge on any atom is 0.240 e. The van der Waals surface area contributed by atoms with Crippen LogP contribution in [-0.4, -0.2) is 32.8 Å². The van der Waals surface area contributed by atoms with Crippen LogP contribution in [0.2, 0.25) is 0 Å². The molecule has 2 aromatic rings. The third kappa shape index (κ3) is 7.70. The van der Waals surface area contributed by atoms with Crippen molar-refractivity contribution < 1.29 is 22.7 Å². The Balaban J connectivity index is 1.75. The molecule has 2 rings (SSSR count). The Morgan fingerprint density at radius 2 is 1.57 bits per heavy atom. The summed E-state index contributed by atoms with van der Waals surface area (Å²) in [6, 6.07) is 13.4. The summed E-state index contributed by atoms with van der Waals surface area (Å²) in [6.45, 7) is 6.26. The first-order chi connectivity index (χ1) is 14.2. The second-order valence-electron chi connectivity index (χ2n) is 7.18. The van der Waals surface area contributed by atoms with E-state index in [-0.39, 0.29) is 35.7 Å². The summed E-state index contributed by atoms with van der Waals surface area (Å²) >= 11 is 0. The van der Waals surface area contributed by atoms with Gasteiger partial charge in [0.25, 0.3) is 0 Å². The first-order valence-electron chi connectivity index (χ1n) is 9.74. The van der Waals surface area contributed by atoms with Crippen molar-refractivity contribution in [1.82, 2.24) is 10.0 Å². The van der Waals surface area contributed by atoms with E-state index in [9.17, 15) is 18.0 Å². The molecule has 0 aromatic heterocycles. The van der Waals surface area contributed by atoms with Crippen LogP contribution < -0.4 is 10.0 Å². The van der Waals surface area contributed by atoms with Crippen molar-refractivity contribution in [2.24, 2.45) is 0 Å². The summed E-state index contributed by atoms with van der Waals surface area (Å²) in [5.41, 5.74) is 2.45. The Morgan fingerprint density at radius 1 is 0.967 bits per heavy atom. The van der Waals surface area contributed by atoms with E-state index in [4.69, 9.17) is 4.74 Å². The van der Waals surface area contributed by atoms with Gasteiger partial charge in [0.1, 0.15) is 0 Å². The van der Waals surface area contributed by atoms with Crippen LogP contribution in [0.1, 0.15) is 48.7 Å². The molecular weight excluding hydrogens is 404 g/mol. The molecule has 162 valence electrons. The molecule has 0 aliphatic heterocycles. The van der Waals surface area contributed by atoms with Crippen molar-refractivity contribution in [1.29, 1.82) is 0 Å². The fourth-order valence-electron chi connectivity index (χ4n) is 2.56. The highest BCUT2D eigenvalue weighted by molar-refractivity contribution is 7.89. The first kappa shape index (κ1) is 23.7. The van der Waals surface area contributed by atoms with Gasteiger partial charge in [-0.2, -0.15) is 0 Å². The number of carbonyl (C=O) groups excluding carboxylic acids is 2. The zero-order valence-corrected chi connectivity index (χ0v) is 18.3. The van der Waals surface area contributed by atoms with Gasteiger partial charge >= 0.3 is 0 Å². The second kappa shape index (κ2) is 11.0. The van der Waals surface area contributed by atoms with E-state index in [0.29, 0.717) is 18.7 Å². The average Bonchev–Trinajstić information content (AvgIpc) is 2.71. The van der Waals surface area contributed by atoms with E-state index in [1.54, 1.807) is 0 Å². The van der Waals surface area contributed by atoms with Crippen molar-refractivity contribution >= 4 is 21.7 Å². The number of carbonyl (C=O) groups is 2. The maximum atomic E-state index is 12.3. The van der Waals surface area contributed by atoms with Crippen LogP contribution in [0.4, 0.5) is 0 Å². The molecule has 0 unspecified atom stereocenters. The van der Waals surface area contributed by atoms with E-state index in [0.717, 1.165) is 11.1 Å². The fraction of sp³-hybridized carbons (Fsp3) is 0.364. The monoisotopic (exact) mass is 432 g/mol. The number of nitrogens with one attached hydrogen (secondary N) is 2. The molecule has 1 amide bonds.